The van der Waals surface area contributed by atoms with Crippen molar-refractivity contribution in [1.82, 2.24) is 14.7 Å². The molecule has 3 nitrogen and oxygen atoms in total. The maximum atomic E-state index is 4.65. The Morgan fingerprint density at radius 1 is 1.30 bits per heavy atom. The van der Waals surface area contributed by atoms with Gasteiger partial charge in [0, 0.05) is 19.6 Å². The molecule has 2 aromatic rings. The first-order valence-electron chi connectivity index (χ1n) is 6.70. The highest BCUT2D eigenvalue weighted by Gasteiger charge is 2.15. The topological polar surface area (TPSA) is 21.1 Å². The summed E-state index contributed by atoms with van der Waals surface area (Å²) in [5.41, 5.74) is 3.76. The van der Waals surface area contributed by atoms with Gasteiger partial charge in [0.25, 0.3) is 0 Å². The molecular weight excluding hydrogens is 402 g/mol. The maximum absolute atomic E-state index is 4.65. The van der Waals surface area contributed by atoms with Crippen molar-refractivity contribution in [1.29, 1.82) is 0 Å². The van der Waals surface area contributed by atoms with Crippen molar-refractivity contribution in [3.63, 3.8) is 0 Å². The lowest BCUT2D eigenvalue weighted by Gasteiger charge is -2.17. The van der Waals surface area contributed by atoms with Crippen LogP contribution in [0.3, 0.4) is 0 Å². The van der Waals surface area contributed by atoms with Crippen molar-refractivity contribution in [2.45, 2.75) is 39.9 Å². The van der Waals surface area contributed by atoms with E-state index in [2.05, 4.69) is 78.9 Å². The highest BCUT2D eigenvalue weighted by atomic mass is 79.9. The molecule has 0 saturated carbocycles. The summed E-state index contributed by atoms with van der Waals surface area (Å²) in [6.45, 7) is 7.04. The molecule has 6 heteroatoms. The smallest absolute Gasteiger partial charge is 0.0767 e. The second-order valence-corrected chi connectivity index (χ2v) is 7.89. The van der Waals surface area contributed by atoms with Crippen LogP contribution in [0.5, 0.6) is 0 Å². The molecule has 0 radical (unpaired) electrons. The van der Waals surface area contributed by atoms with E-state index in [1.807, 2.05) is 0 Å². The molecule has 0 fully saturated rings. The van der Waals surface area contributed by atoms with E-state index in [1.165, 1.54) is 19.5 Å². The van der Waals surface area contributed by atoms with Crippen molar-refractivity contribution < 1.29 is 0 Å². The van der Waals surface area contributed by atoms with Crippen LogP contribution in [0.15, 0.2) is 19.7 Å². The van der Waals surface area contributed by atoms with Gasteiger partial charge in [0.15, 0.2) is 0 Å². The van der Waals surface area contributed by atoms with E-state index in [9.17, 15) is 0 Å². The second-order valence-electron chi connectivity index (χ2n) is 4.81. The Hall–Kier alpha value is -0.170. The zero-order chi connectivity index (χ0) is 14.7. The summed E-state index contributed by atoms with van der Waals surface area (Å²) < 4.78 is 4.46. The molecule has 2 aromatic heterocycles. The third-order valence-electron chi connectivity index (χ3n) is 3.19. The Balaban J connectivity index is 2.10. The first-order valence-corrected chi connectivity index (χ1v) is 9.17. The average Bonchev–Trinajstić information content (AvgIpc) is 2.95. The van der Waals surface area contributed by atoms with E-state index in [0.717, 1.165) is 31.7 Å². The minimum absolute atomic E-state index is 0.898. The monoisotopic (exact) mass is 419 g/mol. The van der Waals surface area contributed by atoms with Crippen molar-refractivity contribution in [3.8, 4) is 0 Å². The van der Waals surface area contributed by atoms with Gasteiger partial charge >= 0.3 is 0 Å². The number of hydrogen-bond acceptors (Lipinski definition) is 3. The van der Waals surface area contributed by atoms with Gasteiger partial charge in [0.2, 0.25) is 0 Å². The molecule has 0 saturated heterocycles. The second kappa shape index (κ2) is 7.20. The number of aryl methyl sites for hydroxylation is 2. The fraction of sp³-hybridized carbons (Fsp3) is 0.500. The highest BCUT2D eigenvalue weighted by molar-refractivity contribution is 9.11. The lowest BCUT2D eigenvalue weighted by atomic mass is 10.2. The Morgan fingerprint density at radius 3 is 2.60 bits per heavy atom. The van der Waals surface area contributed by atoms with E-state index < -0.39 is 0 Å². The van der Waals surface area contributed by atoms with Crippen LogP contribution in [0.2, 0.25) is 0 Å². The van der Waals surface area contributed by atoms with Gasteiger partial charge in [-0.25, -0.2) is 0 Å². The fourth-order valence-corrected chi connectivity index (χ4v) is 4.11. The normalized spacial score (nSPS) is 11.5. The molecule has 110 valence electrons. The molecule has 0 aliphatic carbocycles. The molecule has 2 rings (SSSR count). The quantitative estimate of drug-likeness (QED) is 0.676. The number of rotatable bonds is 6. The van der Waals surface area contributed by atoms with Gasteiger partial charge in [-0.05, 0) is 69.3 Å². The van der Waals surface area contributed by atoms with Gasteiger partial charge in [0.1, 0.15) is 0 Å². The standard InChI is InChI=1S/C14H19Br2N3S/c1-4-11-14(16)12(19(5-2)17-11)8-18(3)7-10-6-13(15)20-9-10/h6,9H,4-5,7-8H2,1-3H3. The van der Waals surface area contributed by atoms with Crippen LogP contribution in [0.1, 0.15) is 30.8 Å². The third-order valence-corrected chi connectivity index (χ3v) is 5.66. The molecule has 2 heterocycles. The predicted octanol–water partition coefficient (Wildman–Crippen LogP) is 4.68. The van der Waals surface area contributed by atoms with Gasteiger partial charge in [-0.1, -0.05) is 6.92 Å². The summed E-state index contributed by atoms with van der Waals surface area (Å²) in [5.74, 6) is 0. The van der Waals surface area contributed by atoms with Gasteiger partial charge in [-0.15, -0.1) is 11.3 Å². The number of hydrogen-bond donors (Lipinski definition) is 0. The minimum atomic E-state index is 0.898. The lowest BCUT2D eigenvalue weighted by molar-refractivity contribution is 0.307. The van der Waals surface area contributed by atoms with E-state index in [4.69, 9.17) is 0 Å². The van der Waals surface area contributed by atoms with E-state index >= 15 is 0 Å². The van der Waals surface area contributed by atoms with Crippen LogP contribution < -0.4 is 0 Å². The molecule has 0 unspecified atom stereocenters. The Morgan fingerprint density at radius 2 is 2.05 bits per heavy atom. The van der Waals surface area contributed by atoms with Gasteiger partial charge in [-0.3, -0.25) is 9.58 Å². The number of nitrogens with zero attached hydrogens (tertiary/aromatic N) is 3. The summed E-state index contributed by atoms with van der Waals surface area (Å²) in [7, 11) is 2.15. The molecule has 0 N–H and O–H groups in total. The number of thiophene rings is 1. The minimum Gasteiger partial charge on any atom is -0.296 e. The largest absolute Gasteiger partial charge is 0.296 e. The molecule has 0 aliphatic rings. The number of aromatic nitrogens is 2. The summed E-state index contributed by atoms with van der Waals surface area (Å²) in [6.07, 6.45) is 0.960. The first-order chi connectivity index (χ1) is 9.55. The SMILES string of the molecule is CCc1nn(CC)c(CN(C)Cc2csc(Br)c2)c1Br. The molecular formula is C14H19Br2N3S. The summed E-state index contributed by atoms with van der Waals surface area (Å²) in [5, 5.41) is 6.85. The maximum Gasteiger partial charge on any atom is 0.0767 e. The Bertz CT molecular complexity index is 577. The average molecular weight is 421 g/mol. The molecule has 0 aromatic carbocycles. The molecule has 0 amide bonds. The zero-order valence-electron chi connectivity index (χ0n) is 12.0. The van der Waals surface area contributed by atoms with Gasteiger partial charge in [-0.2, -0.15) is 5.10 Å². The highest BCUT2D eigenvalue weighted by Crippen LogP contribution is 2.25. The molecule has 0 bridgehead atoms. The number of halogens is 2. The van der Waals surface area contributed by atoms with Gasteiger partial charge < -0.3 is 0 Å². The lowest BCUT2D eigenvalue weighted by Crippen LogP contribution is -2.19. The van der Waals surface area contributed by atoms with Crippen LogP contribution in [0.25, 0.3) is 0 Å². The molecule has 20 heavy (non-hydrogen) atoms. The van der Waals surface area contributed by atoms with Crippen molar-refractivity contribution in [2.75, 3.05) is 7.05 Å². The van der Waals surface area contributed by atoms with E-state index in [1.54, 1.807) is 11.3 Å². The van der Waals surface area contributed by atoms with Crippen LogP contribution in [0.4, 0.5) is 0 Å². The van der Waals surface area contributed by atoms with Crippen LogP contribution in [-0.4, -0.2) is 21.7 Å². The predicted molar refractivity (Wildman–Crippen MR) is 92.2 cm³/mol. The van der Waals surface area contributed by atoms with E-state index in [-0.39, 0.29) is 0 Å². The van der Waals surface area contributed by atoms with Crippen molar-refractivity contribution >= 4 is 43.2 Å². The molecule has 0 spiro atoms. The van der Waals surface area contributed by atoms with Crippen LogP contribution in [-0.2, 0) is 26.1 Å². The third kappa shape index (κ3) is 3.72. The Labute approximate surface area is 141 Å². The first kappa shape index (κ1) is 16.2. The van der Waals surface area contributed by atoms with Crippen molar-refractivity contribution in [2.24, 2.45) is 0 Å². The van der Waals surface area contributed by atoms with Crippen molar-refractivity contribution in [3.05, 3.63) is 36.7 Å². The molecule has 0 aliphatic heterocycles. The van der Waals surface area contributed by atoms with Crippen LogP contribution >= 0.6 is 43.2 Å². The summed E-state index contributed by atoms with van der Waals surface area (Å²) in [6, 6.07) is 2.19. The van der Waals surface area contributed by atoms with Crippen LogP contribution in [0, 0.1) is 0 Å². The molecule has 0 atom stereocenters. The summed E-state index contributed by atoms with van der Waals surface area (Å²) in [4.78, 5) is 2.32. The van der Waals surface area contributed by atoms with E-state index in [0.29, 0.717) is 0 Å². The summed E-state index contributed by atoms with van der Waals surface area (Å²) >= 11 is 8.95. The Kier molecular flexibility index (Phi) is 5.84. The van der Waals surface area contributed by atoms with Gasteiger partial charge in [0.05, 0.1) is 19.6 Å². The fourth-order valence-electron chi connectivity index (χ4n) is 2.22. The zero-order valence-corrected chi connectivity index (χ0v) is 16.0.